The molecular weight excluding hydrogens is 250 g/mol. The molecule has 2 aliphatic heterocycles. The van der Waals surface area contributed by atoms with Crippen LogP contribution in [-0.2, 0) is 17.6 Å². The summed E-state index contributed by atoms with van der Waals surface area (Å²) >= 11 is 0. The summed E-state index contributed by atoms with van der Waals surface area (Å²) in [5.41, 5.74) is 2.55. The molecule has 0 radical (unpaired) electrons. The summed E-state index contributed by atoms with van der Waals surface area (Å²) in [5, 5.41) is 6.76. The smallest absolute Gasteiger partial charge is 0.129 e. The van der Waals surface area contributed by atoms with Crippen molar-refractivity contribution in [3.63, 3.8) is 0 Å². The average Bonchev–Trinajstić information content (AvgIpc) is 3.00. The lowest BCUT2D eigenvalue weighted by Crippen LogP contribution is -2.15. The van der Waals surface area contributed by atoms with Crippen LogP contribution in [-0.4, -0.2) is 37.8 Å². The number of hydrogen-bond donors (Lipinski definition) is 2. The van der Waals surface area contributed by atoms with Gasteiger partial charge in [0.05, 0.1) is 6.61 Å². The summed E-state index contributed by atoms with van der Waals surface area (Å²) in [6, 6.07) is 4.40. The molecule has 0 amide bonds. The summed E-state index contributed by atoms with van der Waals surface area (Å²) in [7, 11) is 0. The number of anilines is 1. The van der Waals surface area contributed by atoms with Crippen LogP contribution in [0, 0.1) is 5.92 Å². The summed E-state index contributed by atoms with van der Waals surface area (Å²) in [4.78, 5) is 4.71. The highest BCUT2D eigenvalue weighted by molar-refractivity contribution is 5.46. The number of aromatic nitrogens is 1. The molecule has 0 saturated carbocycles. The Labute approximate surface area is 121 Å². The van der Waals surface area contributed by atoms with Crippen LogP contribution in [0.4, 0.5) is 5.82 Å². The molecule has 0 bridgehead atoms. The summed E-state index contributed by atoms with van der Waals surface area (Å²) < 4.78 is 5.77. The van der Waals surface area contributed by atoms with Gasteiger partial charge in [0.25, 0.3) is 0 Å². The maximum absolute atomic E-state index is 5.77. The van der Waals surface area contributed by atoms with Gasteiger partial charge in [-0.3, -0.25) is 0 Å². The van der Waals surface area contributed by atoms with Crippen LogP contribution in [0.25, 0.3) is 0 Å². The molecule has 4 nitrogen and oxygen atoms in total. The van der Waals surface area contributed by atoms with Crippen molar-refractivity contribution in [2.45, 2.75) is 32.1 Å². The lowest BCUT2D eigenvalue weighted by atomic mass is 10.1. The highest BCUT2D eigenvalue weighted by Gasteiger charge is 2.14. The predicted molar refractivity (Wildman–Crippen MR) is 81.2 cm³/mol. The zero-order valence-corrected chi connectivity index (χ0v) is 12.2. The molecule has 2 aliphatic rings. The first-order chi connectivity index (χ1) is 9.92. The van der Waals surface area contributed by atoms with Crippen LogP contribution >= 0.6 is 0 Å². The highest BCUT2D eigenvalue weighted by atomic mass is 16.5. The number of ether oxygens (including phenoxy) is 1. The lowest BCUT2D eigenvalue weighted by Gasteiger charge is -2.17. The highest BCUT2D eigenvalue weighted by Crippen LogP contribution is 2.20. The molecule has 1 aromatic rings. The van der Waals surface area contributed by atoms with E-state index in [9.17, 15) is 0 Å². The van der Waals surface area contributed by atoms with Crippen molar-refractivity contribution in [3.8, 4) is 0 Å². The molecule has 0 aliphatic carbocycles. The second-order valence-electron chi connectivity index (χ2n) is 5.88. The van der Waals surface area contributed by atoms with Crippen molar-refractivity contribution in [1.29, 1.82) is 0 Å². The van der Waals surface area contributed by atoms with E-state index < -0.39 is 0 Å². The van der Waals surface area contributed by atoms with E-state index >= 15 is 0 Å². The van der Waals surface area contributed by atoms with E-state index in [1.54, 1.807) is 0 Å². The fourth-order valence-electron chi connectivity index (χ4n) is 2.97. The van der Waals surface area contributed by atoms with Crippen molar-refractivity contribution in [1.82, 2.24) is 10.3 Å². The predicted octanol–water partition coefficient (Wildman–Crippen LogP) is 2.00. The normalized spacial score (nSPS) is 21.5. The van der Waals surface area contributed by atoms with Gasteiger partial charge in [-0.25, -0.2) is 4.98 Å². The van der Waals surface area contributed by atoms with Crippen LogP contribution in [0.5, 0.6) is 0 Å². The molecule has 3 rings (SSSR count). The van der Waals surface area contributed by atoms with Crippen LogP contribution in [0.3, 0.4) is 0 Å². The molecular formula is C16H25N3O. The molecule has 0 unspecified atom stereocenters. The van der Waals surface area contributed by atoms with Gasteiger partial charge in [-0.2, -0.15) is 0 Å². The second-order valence-corrected chi connectivity index (χ2v) is 5.88. The summed E-state index contributed by atoms with van der Waals surface area (Å²) in [6.07, 6.45) is 5.72. The van der Waals surface area contributed by atoms with Gasteiger partial charge in [0.2, 0.25) is 0 Å². The average molecular weight is 275 g/mol. The van der Waals surface area contributed by atoms with Gasteiger partial charge in [0.1, 0.15) is 5.82 Å². The fraction of sp³-hybridized carbons (Fsp3) is 0.688. The Kier molecular flexibility index (Phi) is 4.87. The molecule has 0 spiro atoms. The fourth-order valence-corrected chi connectivity index (χ4v) is 2.97. The van der Waals surface area contributed by atoms with Crippen molar-refractivity contribution in [3.05, 3.63) is 23.4 Å². The Morgan fingerprint density at radius 2 is 2.30 bits per heavy atom. The van der Waals surface area contributed by atoms with E-state index in [-0.39, 0.29) is 0 Å². The zero-order chi connectivity index (χ0) is 13.6. The van der Waals surface area contributed by atoms with Crippen molar-refractivity contribution >= 4 is 5.82 Å². The number of hydrogen-bond acceptors (Lipinski definition) is 4. The number of fused-ring (bicyclic) bond motifs is 1. The van der Waals surface area contributed by atoms with Gasteiger partial charge >= 0.3 is 0 Å². The van der Waals surface area contributed by atoms with Crippen molar-refractivity contribution in [2.24, 2.45) is 5.92 Å². The molecule has 1 aromatic heterocycles. The summed E-state index contributed by atoms with van der Waals surface area (Å²) in [5.74, 6) is 1.83. The molecule has 0 aromatic carbocycles. The molecule has 4 heteroatoms. The first-order valence-corrected chi connectivity index (χ1v) is 7.93. The minimum absolute atomic E-state index is 0.723. The van der Waals surface area contributed by atoms with Crippen molar-refractivity contribution < 1.29 is 4.74 Å². The maximum Gasteiger partial charge on any atom is 0.129 e. The van der Waals surface area contributed by atoms with Crippen molar-refractivity contribution in [2.75, 3.05) is 38.2 Å². The van der Waals surface area contributed by atoms with Gasteiger partial charge in [0, 0.05) is 25.4 Å². The number of pyridine rings is 1. The Morgan fingerprint density at radius 1 is 1.30 bits per heavy atom. The van der Waals surface area contributed by atoms with E-state index in [1.807, 2.05) is 0 Å². The zero-order valence-electron chi connectivity index (χ0n) is 12.2. The number of rotatable bonds is 6. The quantitative estimate of drug-likeness (QED) is 0.780. The first kappa shape index (κ1) is 13.8. The van der Waals surface area contributed by atoms with Gasteiger partial charge < -0.3 is 15.4 Å². The Bertz CT molecular complexity index is 430. The maximum atomic E-state index is 5.77. The van der Waals surface area contributed by atoms with E-state index in [1.165, 1.54) is 24.1 Å². The van der Waals surface area contributed by atoms with Crippen LogP contribution in [0.2, 0.25) is 0 Å². The molecule has 1 atom stereocenters. The van der Waals surface area contributed by atoms with Gasteiger partial charge in [-0.1, -0.05) is 6.07 Å². The monoisotopic (exact) mass is 275 g/mol. The number of nitrogens with zero attached hydrogens (tertiary/aromatic N) is 1. The third-order valence-electron chi connectivity index (χ3n) is 4.19. The van der Waals surface area contributed by atoms with Crippen LogP contribution in [0.1, 0.15) is 30.5 Å². The Morgan fingerprint density at radius 3 is 3.20 bits per heavy atom. The van der Waals surface area contributed by atoms with E-state index in [0.717, 1.165) is 63.8 Å². The Balaban J connectivity index is 1.37. The molecule has 110 valence electrons. The molecule has 1 saturated heterocycles. The molecule has 1 fully saturated rings. The molecule has 2 N–H and O–H groups in total. The number of nitrogens with one attached hydrogen (secondary N) is 2. The summed E-state index contributed by atoms with van der Waals surface area (Å²) in [6.45, 7) is 5.09. The van der Waals surface area contributed by atoms with Gasteiger partial charge in [0.15, 0.2) is 0 Å². The minimum Gasteiger partial charge on any atom is -0.381 e. The van der Waals surface area contributed by atoms with E-state index in [4.69, 9.17) is 9.72 Å². The largest absolute Gasteiger partial charge is 0.381 e. The van der Waals surface area contributed by atoms with Gasteiger partial charge in [-0.15, -0.1) is 0 Å². The third-order valence-corrected chi connectivity index (χ3v) is 4.19. The van der Waals surface area contributed by atoms with Crippen LogP contribution < -0.4 is 10.6 Å². The number of aryl methyl sites for hydroxylation is 2. The van der Waals surface area contributed by atoms with E-state index in [2.05, 4.69) is 22.8 Å². The van der Waals surface area contributed by atoms with Gasteiger partial charge in [-0.05, 0) is 56.2 Å². The second kappa shape index (κ2) is 7.04. The first-order valence-electron chi connectivity index (χ1n) is 7.93. The minimum atomic E-state index is 0.723. The standard InChI is InChI=1S/C16H25N3O/c1-3-14-5-6-15(19-16(14)18-8-1)4-2-10-20-12-13-7-9-17-11-13/h5-6,13,17H,1-4,7-12H2,(H,18,19)/t13-/m1/s1. The topological polar surface area (TPSA) is 46.2 Å². The Hall–Kier alpha value is -1.13. The van der Waals surface area contributed by atoms with E-state index in [0.29, 0.717) is 0 Å². The van der Waals surface area contributed by atoms with Crippen LogP contribution in [0.15, 0.2) is 12.1 Å². The SMILES string of the molecule is c1cc2c(nc1CCCOC[C@@H]1CCNC1)NCCC2. The lowest BCUT2D eigenvalue weighted by molar-refractivity contribution is 0.103. The molecule has 20 heavy (non-hydrogen) atoms. The third kappa shape index (κ3) is 3.70. The molecule has 3 heterocycles.